The zero-order valence-corrected chi connectivity index (χ0v) is 35.5. The van der Waals surface area contributed by atoms with Gasteiger partial charge in [-0.2, -0.15) is 0 Å². The fraction of sp³-hybridized carbons (Fsp3) is 0.689. The number of amides is 1. The van der Waals surface area contributed by atoms with Crippen LogP contribution in [0.15, 0.2) is 60.7 Å². The van der Waals surface area contributed by atoms with Crippen molar-refractivity contribution in [3.05, 3.63) is 71.8 Å². The van der Waals surface area contributed by atoms with Crippen LogP contribution in [0, 0.1) is 0 Å². The molecule has 0 radical (unpaired) electrons. The molecular weight excluding hydrogens is 659 g/mol. The van der Waals surface area contributed by atoms with E-state index in [1.807, 2.05) is 30.3 Å². The standard InChI is InChI=1S/C25H45N3O.C15H22O2.C5H14N2/c1-6-7-8-10-17-24(23-15-11-9-12-16-23)22-25(29)28(20-13-18-26(2)3)21-14-19-27(4)5;1-2-3-4-6-11-14(12-15(16)17)13-9-7-5-8-10-13;1-7(2)5-3-4-6/h9,11-12,15-16,24H,6-8,10,13-14,17-22H2,1-5H3;5,7-10,14H,2-4,6,11-12H2,1H3,(H,16,17);3-6H2,1-2H3/p+2. The van der Waals surface area contributed by atoms with Gasteiger partial charge in [-0.05, 0) is 69.4 Å². The zero-order chi connectivity index (χ0) is 39.7. The van der Waals surface area contributed by atoms with E-state index in [1.165, 1.54) is 60.3 Å². The Hall–Kier alpha value is -2.78. The van der Waals surface area contributed by atoms with Gasteiger partial charge < -0.3 is 30.4 Å². The van der Waals surface area contributed by atoms with Crippen molar-refractivity contribution in [3.63, 3.8) is 0 Å². The first-order chi connectivity index (χ1) is 25.4. The number of nitrogens with two attached hydrogens (primary N) is 1. The number of rotatable bonds is 27. The largest absolute Gasteiger partial charge is 0.481 e. The minimum atomic E-state index is -0.700. The molecule has 2 rings (SSSR count). The first kappa shape index (κ1) is 50.2. The molecule has 0 saturated carbocycles. The number of quaternary nitrogens is 2. The number of aliphatic carboxylic acids is 1. The van der Waals surface area contributed by atoms with E-state index in [-0.39, 0.29) is 12.3 Å². The Morgan fingerprint density at radius 2 is 1.06 bits per heavy atom. The van der Waals surface area contributed by atoms with Crippen molar-refractivity contribution in [3.8, 4) is 0 Å². The maximum atomic E-state index is 13.3. The first-order valence-electron chi connectivity index (χ1n) is 21.0. The third-order valence-corrected chi connectivity index (χ3v) is 9.57. The molecule has 2 unspecified atom stereocenters. The highest BCUT2D eigenvalue weighted by atomic mass is 16.4. The molecule has 8 nitrogen and oxygen atoms in total. The van der Waals surface area contributed by atoms with Gasteiger partial charge >= 0.3 is 5.97 Å². The quantitative estimate of drug-likeness (QED) is 0.0826. The summed E-state index contributed by atoms with van der Waals surface area (Å²) in [7, 11) is 12.8. The Labute approximate surface area is 326 Å². The zero-order valence-electron chi connectivity index (χ0n) is 35.5. The summed E-state index contributed by atoms with van der Waals surface area (Å²) >= 11 is 0. The van der Waals surface area contributed by atoms with Crippen LogP contribution in [-0.4, -0.2) is 108 Å². The highest BCUT2D eigenvalue weighted by Crippen LogP contribution is 2.28. The van der Waals surface area contributed by atoms with Gasteiger partial charge in [-0.15, -0.1) is 0 Å². The summed E-state index contributed by atoms with van der Waals surface area (Å²) < 4.78 is 0. The number of nitrogens with zero attached hydrogens (tertiary/aromatic N) is 2. The molecule has 0 aliphatic rings. The fourth-order valence-electron chi connectivity index (χ4n) is 6.42. The average Bonchev–Trinajstić information content (AvgIpc) is 3.13. The van der Waals surface area contributed by atoms with Crippen LogP contribution in [0.1, 0.15) is 133 Å². The number of hydrogen-bond acceptors (Lipinski definition) is 4. The van der Waals surface area contributed by atoms with E-state index in [1.54, 1.807) is 0 Å². The number of unbranched alkanes of at least 4 members (excludes halogenated alkanes) is 6. The van der Waals surface area contributed by atoms with Crippen LogP contribution in [0.3, 0.4) is 0 Å². The number of hydrogen-bond donors (Lipinski definition) is 4. The molecule has 1 amide bonds. The Bertz CT molecular complexity index is 1100. The van der Waals surface area contributed by atoms with E-state index in [2.05, 4.69) is 96.3 Å². The van der Waals surface area contributed by atoms with Gasteiger partial charge in [0.15, 0.2) is 0 Å². The van der Waals surface area contributed by atoms with Crippen LogP contribution in [-0.2, 0) is 9.59 Å². The Morgan fingerprint density at radius 1 is 0.623 bits per heavy atom. The third kappa shape index (κ3) is 29.3. The molecule has 8 heteroatoms. The predicted octanol–water partition coefficient (Wildman–Crippen LogP) is 6.14. The number of carboxylic acids is 1. The van der Waals surface area contributed by atoms with Gasteiger partial charge in [-0.25, -0.2) is 0 Å². The van der Waals surface area contributed by atoms with E-state index in [4.69, 9.17) is 10.8 Å². The lowest BCUT2D eigenvalue weighted by atomic mass is 9.89. The number of carbonyl (C=O) groups excluding carboxylic acids is 1. The summed E-state index contributed by atoms with van der Waals surface area (Å²) in [5.41, 5.74) is 7.74. The first-order valence-corrected chi connectivity index (χ1v) is 21.0. The van der Waals surface area contributed by atoms with Gasteiger partial charge in [0.1, 0.15) is 0 Å². The van der Waals surface area contributed by atoms with Crippen molar-refractivity contribution >= 4 is 11.9 Å². The Balaban J connectivity index is 0.000000942. The summed E-state index contributed by atoms with van der Waals surface area (Å²) in [6.45, 7) is 10.4. The SMILES string of the molecule is CCCCCCC(CC(=O)N(CCC[NH+](C)C)CCC[NH+](C)C)c1ccccc1.CCCCCCC(CC(=O)O)c1ccccc1.CN(C)CCCN. The molecule has 0 heterocycles. The van der Waals surface area contributed by atoms with Crippen LogP contribution in [0.4, 0.5) is 0 Å². The molecular formula is C45H83N5O3+2. The van der Waals surface area contributed by atoms with Crippen molar-refractivity contribution < 1.29 is 24.5 Å². The molecule has 0 aromatic heterocycles. The van der Waals surface area contributed by atoms with Crippen molar-refractivity contribution in [1.82, 2.24) is 9.80 Å². The van der Waals surface area contributed by atoms with Gasteiger partial charge in [-0.3, -0.25) is 9.59 Å². The van der Waals surface area contributed by atoms with E-state index in [0.29, 0.717) is 18.2 Å². The van der Waals surface area contributed by atoms with Crippen molar-refractivity contribution in [1.29, 1.82) is 0 Å². The number of carbonyl (C=O) groups is 2. The molecule has 2 atom stereocenters. The summed E-state index contributed by atoms with van der Waals surface area (Å²) in [6.07, 6.45) is 16.1. The normalized spacial score (nSPS) is 12.2. The topological polar surface area (TPSA) is 95.8 Å². The van der Waals surface area contributed by atoms with Crippen molar-refractivity contribution in [2.45, 2.75) is 122 Å². The molecule has 2 aromatic rings. The number of benzene rings is 2. The van der Waals surface area contributed by atoms with Gasteiger partial charge in [0.25, 0.3) is 0 Å². The molecule has 0 aliphatic heterocycles. The average molecular weight is 742 g/mol. The van der Waals surface area contributed by atoms with E-state index < -0.39 is 5.97 Å². The predicted molar refractivity (Wildman–Crippen MR) is 226 cm³/mol. The van der Waals surface area contributed by atoms with Crippen LogP contribution < -0.4 is 15.5 Å². The minimum absolute atomic E-state index is 0.172. The summed E-state index contributed by atoms with van der Waals surface area (Å²) in [4.78, 5) is 31.3. The Kier molecular flexibility index (Phi) is 32.0. The van der Waals surface area contributed by atoms with Gasteiger partial charge in [0.2, 0.25) is 5.91 Å². The highest BCUT2D eigenvalue weighted by molar-refractivity contribution is 5.77. The number of carboxylic acid groups (broad SMARTS) is 1. The summed E-state index contributed by atoms with van der Waals surface area (Å²) in [5.74, 6) is 0.166. The molecule has 0 fully saturated rings. The summed E-state index contributed by atoms with van der Waals surface area (Å²) in [5, 5.41) is 8.95. The van der Waals surface area contributed by atoms with Crippen LogP contribution in [0.25, 0.3) is 0 Å². The molecule has 2 aromatic carbocycles. The van der Waals surface area contributed by atoms with E-state index in [0.717, 1.165) is 83.4 Å². The maximum absolute atomic E-state index is 13.3. The Morgan fingerprint density at radius 3 is 1.40 bits per heavy atom. The second-order valence-electron chi connectivity index (χ2n) is 15.7. The number of nitrogens with one attached hydrogen (secondary N) is 2. The molecule has 0 bridgehead atoms. The monoisotopic (exact) mass is 742 g/mol. The van der Waals surface area contributed by atoms with Gasteiger partial charge in [0, 0.05) is 32.4 Å². The highest BCUT2D eigenvalue weighted by Gasteiger charge is 2.21. The third-order valence-electron chi connectivity index (χ3n) is 9.57. The van der Waals surface area contributed by atoms with Crippen LogP contribution in [0.2, 0.25) is 0 Å². The lowest BCUT2D eigenvalue weighted by molar-refractivity contribution is -0.858. The molecule has 53 heavy (non-hydrogen) atoms. The van der Waals surface area contributed by atoms with E-state index in [9.17, 15) is 9.59 Å². The van der Waals surface area contributed by atoms with Gasteiger partial charge in [-0.1, -0.05) is 126 Å². The molecule has 5 N–H and O–H groups in total. The van der Waals surface area contributed by atoms with Gasteiger partial charge in [0.05, 0.1) is 47.7 Å². The second-order valence-corrected chi connectivity index (χ2v) is 15.7. The molecule has 0 aliphatic carbocycles. The van der Waals surface area contributed by atoms with Crippen molar-refractivity contribution in [2.24, 2.45) is 5.73 Å². The lowest BCUT2D eigenvalue weighted by Gasteiger charge is -2.26. The smallest absolute Gasteiger partial charge is 0.303 e. The molecule has 0 saturated heterocycles. The van der Waals surface area contributed by atoms with E-state index >= 15 is 0 Å². The lowest BCUT2D eigenvalue weighted by Crippen LogP contribution is -3.05. The maximum Gasteiger partial charge on any atom is 0.303 e. The minimum Gasteiger partial charge on any atom is -0.481 e. The summed E-state index contributed by atoms with van der Waals surface area (Å²) in [6, 6.07) is 20.7. The van der Waals surface area contributed by atoms with Crippen LogP contribution in [0.5, 0.6) is 0 Å². The molecule has 0 spiro atoms. The second kappa shape index (κ2) is 33.8. The fourth-order valence-corrected chi connectivity index (χ4v) is 6.42. The van der Waals surface area contributed by atoms with Crippen molar-refractivity contribution in [2.75, 3.05) is 81.6 Å². The van der Waals surface area contributed by atoms with Crippen LogP contribution >= 0.6 is 0 Å². The molecule has 304 valence electrons.